The molecule has 0 aliphatic rings. The van der Waals surface area contributed by atoms with Crippen LogP contribution in [0.5, 0.6) is 5.75 Å². The van der Waals surface area contributed by atoms with Crippen LogP contribution in [0.3, 0.4) is 0 Å². The number of hydrogen-bond acceptors (Lipinski definition) is 5. The molecule has 0 radical (unpaired) electrons. The lowest BCUT2D eigenvalue weighted by atomic mass is 10.1. The highest BCUT2D eigenvalue weighted by Gasteiger charge is 2.16. The quantitative estimate of drug-likeness (QED) is 0.611. The van der Waals surface area contributed by atoms with Crippen molar-refractivity contribution in [3.05, 3.63) is 47.5 Å². The van der Waals surface area contributed by atoms with Gasteiger partial charge in [0, 0.05) is 11.8 Å². The molecular weight excluding hydrogens is 260 g/mol. The van der Waals surface area contributed by atoms with Crippen LogP contribution >= 0.6 is 0 Å². The summed E-state index contributed by atoms with van der Waals surface area (Å²) < 4.78 is 11.7. The van der Waals surface area contributed by atoms with Gasteiger partial charge in [0.15, 0.2) is 6.29 Å². The van der Waals surface area contributed by atoms with Gasteiger partial charge < -0.3 is 14.0 Å². The third-order valence-corrected chi connectivity index (χ3v) is 2.87. The highest BCUT2D eigenvalue weighted by molar-refractivity contribution is 5.91. The maximum absolute atomic E-state index is 11.8. The molecule has 0 spiro atoms. The van der Waals surface area contributed by atoms with E-state index in [4.69, 9.17) is 9.47 Å². The summed E-state index contributed by atoms with van der Waals surface area (Å²) in [5, 5.41) is 0. The maximum atomic E-state index is 11.8. The molecule has 104 valence electrons. The minimum absolute atomic E-state index is 0.333. The Bertz CT molecular complexity index is 634. The van der Waals surface area contributed by atoms with E-state index in [0.717, 1.165) is 0 Å². The Balaban J connectivity index is 2.42. The number of nitrogens with zero attached hydrogens (tertiary/aromatic N) is 2. The molecule has 0 aliphatic carbocycles. The zero-order valence-corrected chi connectivity index (χ0v) is 11.2. The van der Waals surface area contributed by atoms with Crippen LogP contribution in [0.25, 0.3) is 0 Å². The van der Waals surface area contributed by atoms with Crippen molar-refractivity contribution in [1.82, 2.24) is 9.55 Å². The lowest BCUT2D eigenvalue weighted by molar-refractivity contribution is 0.0598. The van der Waals surface area contributed by atoms with Crippen LogP contribution in [-0.2, 0) is 11.3 Å². The summed E-state index contributed by atoms with van der Waals surface area (Å²) in [5.74, 6) is 0.142. The zero-order valence-electron chi connectivity index (χ0n) is 11.2. The van der Waals surface area contributed by atoms with Crippen molar-refractivity contribution in [3.63, 3.8) is 0 Å². The highest BCUT2D eigenvalue weighted by Crippen LogP contribution is 2.24. The third-order valence-electron chi connectivity index (χ3n) is 2.87. The van der Waals surface area contributed by atoms with Gasteiger partial charge in [-0.1, -0.05) is 6.07 Å². The Morgan fingerprint density at radius 2 is 2.20 bits per heavy atom. The first-order chi connectivity index (χ1) is 9.69. The van der Waals surface area contributed by atoms with Gasteiger partial charge in [-0.15, -0.1) is 0 Å². The molecule has 2 aromatic rings. The van der Waals surface area contributed by atoms with E-state index < -0.39 is 5.97 Å². The Morgan fingerprint density at radius 1 is 1.40 bits per heavy atom. The molecule has 6 nitrogen and oxygen atoms in total. The molecule has 0 fully saturated rings. The molecule has 0 aliphatic heterocycles. The van der Waals surface area contributed by atoms with Gasteiger partial charge in [-0.05, 0) is 12.1 Å². The molecule has 2 rings (SSSR count). The van der Waals surface area contributed by atoms with Gasteiger partial charge in [0.05, 0.1) is 32.7 Å². The molecule has 1 heterocycles. The molecule has 6 heteroatoms. The van der Waals surface area contributed by atoms with Gasteiger partial charge in [0.2, 0.25) is 0 Å². The first kappa shape index (κ1) is 13.8. The topological polar surface area (TPSA) is 70.4 Å². The third kappa shape index (κ3) is 2.69. The fraction of sp³-hybridized carbons (Fsp3) is 0.214. The molecule has 0 N–H and O–H groups in total. The largest absolute Gasteiger partial charge is 0.496 e. The molecule has 0 atom stereocenters. The monoisotopic (exact) mass is 274 g/mol. The number of imidazole rings is 1. The van der Waals surface area contributed by atoms with E-state index in [1.165, 1.54) is 20.5 Å². The summed E-state index contributed by atoms with van der Waals surface area (Å²) in [6, 6.07) is 5.15. The van der Waals surface area contributed by atoms with Crippen molar-refractivity contribution in [2.45, 2.75) is 6.54 Å². The van der Waals surface area contributed by atoms with E-state index >= 15 is 0 Å². The van der Waals surface area contributed by atoms with Crippen LogP contribution in [0.1, 0.15) is 26.4 Å². The second-order valence-electron chi connectivity index (χ2n) is 4.07. The predicted octanol–water partition coefficient (Wildman–Crippen LogP) is 1.54. The summed E-state index contributed by atoms with van der Waals surface area (Å²) in [6.07, 6.45) is 3.79. The van der Waals surface area contributed by atoms with Gasteiger partial charge in [0.1, 0.15) is 11.4 Å². The van der Waals surface area contributed by atoms with Gasteiger partial charge in [-0.3, -0.25) is 4.79 Å². The molecule has 1 aromatic carbocycles. The average Bonchev–Trinajstić information content (AvgIpc) is 2.94. The maximum Gasteiger partial charge on any atom is 0.338 e. The summed E-state index contributed by atoms with van der Waals surface area (Å²) in [6.45, 7) is 0.356. The van der Waals surface area contributed by atoms with Crippen LogP contribution in [0.2, 0.25) is 0 Å². The average molecular weight is 274 g/mol. The molecule has 0 amide bonds. The number of hydrogen-bond donors (Lipinski definition) is 0. The number of ether oxygens (including phenoxy) is 2. The first-order valence-electron chi connectivity index (χ1n) is 5.90. The Kier molecular flexibility index (Phi) is 4.14. The molecule has 20 heavy (non-hydrogen) atoms. The van der Waals surface area contributed by atoms with E-state index in [0.29, 0.717) is 35.4 Å². The fourth-order valence-electron chi connectivity index (χ4n) is 1.93. The van der Waals surface area contributed by atoms with Crippen molar-refractivity contribution < 1.29 is 19.1 Å². The second-order valence-corrected chi connectivity index (χ2v) is 4.07. The van der Waals surface area contributed by atoms with E-state index in [2.05, 4.69) is 4.98 Å². The van der Waals surface area contributed by atoms with Crippen molar-refractivity contribution >= 4 is 12.3 Å². The molecule has 0 unspecified atom stereocenters. The fourth-order valence-corrected chi connectivity index (χ4v) is 1.93. The Labute approximate surface area is 116 Å². The van der Waals surface area contributed by atoms with E-state index in [-0.39, 0.29) is 0 Å². The van der Waals surface area contributed by atoms with Crippen LogP contribution < -0.4 is 4.74 Å². The van der Waals surface area contributed by atoms with Crippen molar-refractivity contribution in [3.8, 4) is 5.75 Å². The summed E-state index contributed by atoms with van der Waals surface area (Å²) >= 11 is 0. The predicted molar refractivity (Wildman–Crippen MR) is 71.1 cm³/mol. The normalized spacial score (nSPS) is 10.1. The van der Waals surface area contributed by atoms with Gasteiger partial charge in [0.25, 0.3) is 0 Å². The number of esters is 1. The Hall–Kier alpha value is -2.63. The number of aldehydes is 1. The number of rotatable bonds is 5. The lowest BCUT2D eigenvalue weighted by Crippen LogP contribution is -2.10. The van der Waals surface area contributed by atoms with E-state index in [1.54, 1.807) is 29.0 Å². The van der Waals surface area contributed by atoms with Gasteiger partial charge in [-0.25, -0.2) is 9.78 Å². The molecular formula is C14H14N2O4. The molecule has 0 bridgehead atoms. The number of carbonyl (C=O) groups is 2. The minimum atomic E-state index is -0.436. The number of methoxy groups -OCH3 is 2. The standard InChI is InChI=1S/C14H14N2O4/c1-19-13-5-3-4-11(14(18)20-2)12(13)7-16-6-10(8-17)15-9-16/h3-6,8-9H,7H2,1-2H3. The van der Waals surface area contributed by atoms with Crippen LogP contribution in [0, 0.1) is 0 Å². The highest BCUT2D eigenvalue weighted by atomic mass is 16.5. The molecule has 1 aromatic heterocycles. The lowest BCUT2D eigenvalue weighted by Gasteiger charge is -2.13. The number of carbonyl (C=O) groups excluding carboxylic acids is 2. The minimum Gasteiger partial charge on any atom is -0.496 e. The Morgan fingerprint density at radius 3 is 2.80 bits per heavy atom. The number of aromatic nitrogens is 2. The summed E-state index contributed by atoms with van der Waals surface area (Å²) in [5.41, 5.74) is 1.43. The van der Waals surface area contributed by atoms with E-state index in [9.17, 15) is 9.59 Å². The van der Waals surface area contributed by atoms with Crippen LogP contribution in [0.4, 0.5) is 0 Å². The SMILES string of the molecule is COC(=O)c1cccc(OC)c1Cn1cnc(C=O)c1. The van der Waals surface area contributed by atoms with E-state index in [1.807, 2.05) is 0 Å². The van der Waals surface area contributed by atoms with Crippen LogP contribution in [0.15, 0.2) is 30.7 Å². The van der Waals surface area contributed by atoms with Crippen LogP contribution in [-0.4, -0.2) is 36.0 Å². The zero-order chi connectivity index (χ0) is 14.5. The van der Waals surface area contributed by atoms with Gasteiger partial charge >= 0.3 is 5.97 Å². The number of benzene rings is 1. The van der Waals surface area contributed by atoms with Crippen molar-refractivity contribution in [2.75, 3.05) is 14.2 Å². The first-order valence-corrected chi connectivity index (χ1v) is 5.90. The van der Waals surface area contributed by atoms with Crippen molar-refractivity contribution in [1.29, 1.82) is 0 Å². The van der Waals surface area contributed by atoms with Gasteiger partial charge in [-0.2, -0.15) is 0 Å². The molecule has 0 saturated heterocycles. The summed E-state index contributed by atoms with van der Waals surface area (Å²) in [4.78, 5) is 26.4. The smallest absolute Gasteiger partial charge is 0.338 e. The van der Waals surface area contributed by atoms with Crippen molar-refractivity contribution in [2.24, 2.45) is 0 Å². The summed E-state index contributed by atoms with van der Waals surface area (Å²) in [7, 11) is 2.86. The second kappa shape index (κ2) is 6.01. The molecule has 0 saturated carbocycles.